The summed E-state index contributed by atoms with van der Waals surface area (Å²) < 4.78 is 30.3. The molecule has 0 fully saturated rings. The van der Waals surface area contributed by atoms with Crippen LogP contribution in [0, 0.1) is 0 Å². The van der Waals surface area contributed by atoms with Gasteiger partial charge in [-0.2, -0.15) is 4.31 Å². The molecule has 0 spiro atoms. The second-order valence-corrected chi connectivity index (χ2v) is 6.69. The first-order valence-corrected chi connectivity index (χ1v) is 7.64. The Bertz CT molecular complexity index is 510. The van der Waals surface area contributed by atoms with Crippen LogP contribution in [0.15, 0.2) is 15.7 Å². The summed E-state index contributed by atoms with van der Waals surface area (Å²) in [6.45, 7) is 1.81. The molecule has 0 bridgehead atoms. The summed E-state index contributed by atoms with van der Waals surface area (Å²) in [6, 6.07) is 1.39. The van der Waals surface area contributed by atoms with Crippen LogP contribution in [-0.4, -0.2) is 38.9 Å². The monoisotopic (exact) mass is 292 g/mol. The van der Waals surface area contributed by atoms with Crippen molar-refractivity contribution >= 4 is 33.0 Å². The van der Waals surface area contributed by atoms with E-state index in [1.807, 2.05) is 6.92 Å². The van der Waals surface area contributed by atoms with Gasteiger partial charge in [-0.25, -0.2) is 8.42 Å². The van der Waals surface area contributed by atoms with E-state index >= 15 is 0 Å². The predicted octanol–water partition coefficient (Wildman–Crippen LogP) is 0.904. The number of anilines is 1. The third-order valence-electron chi connectivity index (χ3n) is 2.20. The van der Waals surface area contributed by atoms with Crippen LogP contribution in [0.2, 0.25) is 0 Å². The van der Waals surface area contributed by atoms with E-state index in [-0.39, 0.29) is 17.3 Å². The Morgan fingerprint density at radius 3 is 2.67 bits per heavy atom. The normalized spacial score (nSPS) is 11.7. The molecule has 0 aliphatic rings. The van der Waals surface area contributed by atoms with E-state index in [2.05, 4.69) is 4.74 Å². The molecule has 18 heavy (non-hydrogen) atoms. The number of hydrogen-bond donors (Lipinski definition) is 1. The minimum Gasteiger partial charge on any atom is -0.468 e. The Labute approximate surface area is 110 Å². The molecule has 0 saturated carbocycles. The van der Waals surface area contributed by atoms with Gasteiger partial charge in [0.2, 0.25) is 0 Å². The molecule has 8 heteroatoms. The number of ether oxygens (including phenoxy) is 1. The Hall–Kier alpha value is -1.12. The second-order valence-electron chi connectivity index (χ2n) is 3.61. The van der Waals surface area contributed by atoms with E-state index in [0.29, 0.717) is 12.1 Å². The number of rotatable bonds is 6. The summed E-state index contributed by atoms with van der Waals surface area (Å²) in [5.41, 5.74) is 5.91. The molecule has 2 N–H and O–H groups in total. The number of nitrogens with two attached hydrogens (primary N) is 1. The van der Waals surface area contributed by atoms with Crippen molar-refractivity contribution in [1.29, 1.82) is 0 Å². The minimum absolute atomic E-state index is 0.136. The molecule has 0 atom stereocenters. The van der Waals surface area contributed by atoms with E-state index in [0.717, 1.165) is 15.6 Å². The van der Waals surface area contributed by atoms with Crippen molar-refractivity contribution in [3.63, 3.8) is 0 Å². The van der Waals surface area contributed by atoms with Crippen molar-refractivity contribution in [1.82, 2.24) is 4.31 Å². The highest BCUT2D eigenvalue weighted by Gasteiger charge is 2.27. The number of hydrogen-bond acceptors (Lipinski definition) is 6. The summed E-state index contributed by atoms with van der Waals surface area (Å²) in [7, 11) is -2.45. The first-order chi connectivity index (χ1) is 8.41. The summed E-state index contributed by atoms with van der Waals surface area (Å²) >= 11 is 1.04. The molecule has 0 aromatic carbocycles. The van der Waals surface area contributed by atoms with Crippen LogP contribution >= 0.6 is 11.3 Å². The lowest BCUT2D eigenvalue weighted by atomic mass is 10.5. The van der Waals surface area contributed by atoms with Crippen LogP contribution in [0.25, 0.3) is 0 Å². The lowest BCUT2D eigenvalue weighted by Crippen LogP contribution is -2.36. The van der Waals surface area contributed by atoms with Gasteiger partial charge in [-0.3, -0.25) is 4.79 Å². The van der Waals surface area contributed by atoms with Crippen LogP contribution in [0.5, 0.6) is 0 Å². The first-order valence-electron chi connectivity index (χ1n) is 5.32. The summed E-state index contributed by atoms with van der Waals surface area (Å²) in [5, 5.41) is 1.55. The molecule has 1 rings (SSSR count). The quantitative estimate of drug-likeness (QED) is 0.787. The van der Waals surface area contributed by atoms with Gasteiger partial charge in [0.05, 0.1) is 7.11 Å². The lowest BCUT2D eigenvalue weighted by Gasteiger charge is -2.19. The largest absolute Gasteiger partial charge is 0.468 e. The van der Waals surface area contributed by atoms with Crippen LogP contribution in [0.3, 0.4) is 0 Å². The molecular weight excluding hydrogens is 276 g/mol. The topological polar surface area (TPSA) is 89.7 Å². The van der Waals surface area contributed by atoms with Gasteiger partial charge < -0.3 is 10.5 Å². The van der Waals surface area contributed by atoms with Gasteiger partial charge in [0.25, 0.3) is 10.0 Å². The fourth-order valence-electron chi connectivity index (χ4n) is 1.33. The third kappa shape index (κ3) is 3.44. The number of thiophene rings is 1. The molecule has 6 nitrogen and oxygen atoms in total. The van der Waals surface area contributed by atoms with Crippen LogP contribution in [0.4, 0.5) is 5.69 Å². The second kappa shape index (κ2) is 6.17. The van der Waals surface area contributed by atoms with Gasteiger partial charge >= 0.3 is 5.97 Å². The zero-order valence-electron chi connectivity index (χ0n) is 10.3. The smallest absolute Gasteiger partial charge is 0.321 e. The zero-order chi connectivity index (χ0) is 13.8. The van der Waals surface area contributed by atoms with Gasteiger partial charge in [-0.1, -0.05) is 6.92 Å². The average molecular weight is 292 g/mol. The van der Waals surface area contributed by atoms with Crippen molar-refractivity contribution in [2.75, 3.05) is 25.9 Å². The Morgan fingerprint density at radius 2 is 2.22 bits per heavy atom. The van der Waals surface area contributed by atoms with E-state index in [1.54, 1.807) is 5.38 Å². The maximum Gasteiger partial charge on any atom is 0.321 e. The maximum absolute atomic E-state index is 12.3. The van der Waals surface area contributed by atoms with E-state index in [4.69, 9.17) is 5.73 Å². The zero-order valence-corrected chi connectivity index (χ0v) is 11.9. The minimum atomic E-state index is -3.68. The van der Waals surface area contributed by atoms with Gasteiger partial charge in [0, 0.05) is 17.6 Å². The van der Waals surface area contributed by atoms with Crippen molar-refractivity contribution < 1.29 is 17.9 Å². The highest BCUT2D eigenvalue weighted by atomic mass is 32.2. The van der Waals surface area contributed by atoms with E-state index < -0.39 is 16.0 Å². The molecular formula is C10H16N2O4S2. The Morgan fingerprint density at radius 1 is 1.56 bits per heavy atom. The van der Waals surface area contributed by atoms with Crippen molar-refractivity contribution in [2.45, 2.75) is 17.6 Å². The lowest BCUT2D eigenvalue weighted by molar-refractivity contribution is -0.140. The number of carbonyl (C=O) groups excluding carboxylic acids is 1. The van der Waals surface area contributed by atoms with Gasteiger partial charge in [-0.15, -0.1) is 11.3 Å². The summed E-state index contributed by atoms with van der Waals surface area (Å²) in [4.78, 5) is 11.2. The number of methoxy groups -OCH3 is 1. The summed E-state index contributed by atoms with van der Waals surface area (Å²) in [5.74, 6) is -0.587. The summed E-state index contributed by atoms with van der Waals surface area (Å²) in [6.07, 6.45) is 0.608. The molecule has 0 amide bonds. The third-order valence-corrected chi connectivity index (χ3v) is 5.47. The highest BCUT2D eigenvalue weighted by molar-refractivity contribution is 7.91. The number of esters is 1. The number of carbonyl (C=O) groups is 1. The average Bonchev–Trinajstić information content (AvgIpc) is 2.75. The molecule has 0 saturated heterocycles. The van der Waals surface area contributed by atoms with Gasteiger partial charge in [-0.05, 0) is 12.5 Å². The SMILES string of the molecule is CCCN(CC(=O)OC)S(=O)(=O)c1cc(N)cs1. The number of sulfonamides is 1. The van der Waals surface area contributed by atoms with Crippen LogP contribution < -0.4 is 5.73 Å². The molecule has 102 valence electrons. The Balaban J connectivity index is 3.00. The van der Waals surface area contributed by atoms with Crippen LogP contribution in [0.1, 0.15) is 13.3 Å². The predicted molar refractivity (Wildman–Crippen MR) is 69.8 cm³/mol. The molecule has 0 aliphatic heterocycles. The van der Waals surface area contributed by atoms with Crippen LogP contribution in [-0.2, 0) is 19.6 Å². The number of nitrogen functional groups attached to an aromatic ring is 1. The van der Waals surface area contributed by atoms with E-state index in [1.165, 1.54) is 13.2 Å². The van der Waals surface area contributed by atoms with Gasteiger partial charge in [0.1, 0.15) is 10.8 Å². The fourth-order valence-corrected chi connectivity index (χ4v) is 4.04. The maximum atomic E-state index is 12.3. The standard InChI is InChI=1S/C10H16N2O4S2/c1-3-4-12(6-9(13)16-2)18(14,15)10-5-8(11)7-17-10/h5,7H,3-4,6,11H2,1-2H3. The molecule has 0 unspecified atom stereocenters. The molecule has 0 aliphatic carbocycles. The molecule has 1 aromatic heterocycles. The van der Waals surface area contributed by atoms with Crippen molar-refractivity contribution in [3.05, 3.63) is 11.4 Å². The highest BCUT2D eigenvalue weighted by Crippen LogP contribution is 2.25. The number of nitrogens with zero attached hydrogens (tertiary/aromatic N) is 1. The van der Waals surface area contributed by atoms with E-state index in [9.17, 15) is 13.2 Å². The van der Waals surface area contributed by atoms with Crippen molar-refractivity contribution in [2.24, 2.45) is 0 Å². The Kier molecular flexibility index (Phi) is 5.12. The molecule has 0 radical (unpaired) electrons. The van der Waals surface area contributed by atoms with Crippen molar-refractivity contribution in [3.8, 4) is 0 Å². The molecule has 1 heterocycles. The van der Waals surface area contributed by atoms with Gasteiger partial charge in [0.15, 0.2) is 0 Å². The molecule has 1 aromatic rings. The first kappa shape index (κ1) is 14.9. The fraction of sp³-hybridized carbons (Fsp3) is 0.500.